The van der Waals surface area contributed by atoms with Gasteiger partial charge in [0.15, 0.2) is 0 Å². The summed E-state index contributed by atoms with van der Waals surface area (Å²) in [7, 11) is 0. The molecule has 2 aromatic rings. The van der Waals surface area contributed by atoms with E-state index in [1.807, 2.05) is 22.9 Å². The SMILES string of the molecule is O=C(NN=Cc1ccsc1)Oc1ccccc1. The van der Waals surface area contributed by atoms with Gasteiger partial charge in [0, 0.05) is 5.56 Å². The number of amides is 1. The van der Waals surface area contributed by atoms with Crippen LogP contribution >= 0.6 is 11.3 Å². The summed E-state index contributed by atoms with van der Waals surface area (Å²) in [5.74, 6) is 0.482. The second kappa shape index (κ2) is 5.81. The lowest BCUT2D eigenvalue weighted by Crippen LogP contribution is -2.21. The largest absolute Gasteiger partial charge is 0.433 e. The summed E-state index contributed by atoms with van der Waals surface area (Å²) >= 11 is 1.57. The maximum atomic E-state index is 11.3. The molecule has 0 aliphatic heterocycles. The number of carbonyl (C=O) groups excluding carboxylic acids is 1. The molecule has 0 aliphatic carbocycles. The molecule has 1 N–H and O–H groups in total. The number of thiophene rings is 1. The minimum atomic E-state index is -0.609. The Morgan fingerprint density at radius 2 is 2.12 bits per heavy atom. The molecule has 0 spiro atoms. The first-order chi connectivity index (χ1) is 8.34. The highest BCUT2D eigenvalue weighted by Gasteiger charge is 2.00. The molecule has 0 fully saturated rings. The van der Waals surface area contributed by atoms with Crippen molar-refractivity contribution in [2.24, 2.45) is 5.10 Å². The zero-order valence-corrected chi connectivity index (χ0v) is 9.68. The van der Waals surface area contributed by atoms with Gasteiger partial charge in [-0.3, -0.25) is 0 Å². The summed E-state index contributed by atoms with van der Waals surface area (Å²) in [5.41, 5.74) is 3.22. The third-order valence-corrected chi connectivity index (χ3v) is 2.57. The van der Waals surface area contributed by atoms with Crippen LogP contribution in [0.5, 0.6) is 5.75 Å². The zero-order valence-electron chi connectivity index (χ0n) is 8.87. The molecule has 0 saturated heterocycles. The first-order valence-electron chi connectivity index (χ1n) is 4.93. The third-order valence-electron chi connectivity index (χ3n) is 1.87. The number of nitrogens with one attached hydrogen (secondary N) is 1. The van der Waals surface area contributed by atoms with Crippen molar-refractivity contribution in [3.8, 4) is 5.75 Å². The molecule has 1 heterocycles. The van der Waals surface area contributed by atoms with Crippen molar-refractivity contribution in [2.45, 2.75) is 0 Å². The van der Waals surface area contributed by atoms with Crippen LogP contribution in [0, 0.1) is 0 Å². The van der Waals surface area contributed by atoms with Gasteiger partial charge in [0.2, 0.25) is 0 Å². The van der Waals surface area contributed by atoms with Crippen LogP contribution in [0.3, 0.4) is 0 Å². The van der Waals surface area contributed by atoms with E-state index in [2.05, 4.69) is 10.5 Å². The number of benzene rings is 1. The Kier molecular flexibility index (Phi) is 3.88. The smallest absolute Gasteiger partial charge is 0.409 e. The molecule has 0 saturated carbocycles. The van der Waals surface area contributed by atoms with E-state index in [-0.39, 0.29) is 0 Å². The average molecular weight is 246 g/mol. The molecule has 0 bridgehead atoms. The van der Waals surface area contributed by atoms with Crippen LogP contribution < -0.4 is 10.2 Å². The Morgan fingerprint density at radius 3 is 2.82 bits per heavy atom. The highest BCUT2D eigenvalue weighted by atomic mass is 32.1. The maximum absolute atomic E-state index is 11.3. The van der Waals surface area contributed by atoms with Gasteiger partial charge in [0.1, 0.15) is 5.75 Å². The molecule has 1 aromatic heterocycles. The summed E-state index contributed by atoms with van der Waals surface area (Å²) in [5, 5.41) is 7.63. The molecule has 1 amide bonds. The molecule has 0 atom stereocenters. The Morgan fingerprint density at radius 1 is 1.29 bits per heavy atom. The second-order valence-electron chi connectivity index (χ2n) is 3.13. The summed E-state index contributed by atoms with van der Waals surface area (Å²) in [6, 6.07) is 10.7. The summed E-state index contributed by atoms with van der Waals surface area (Å²) < 4.78 is 4.97. The lowest BCUT2D eigenvalue weighted by Gasteiger charge is -2.01. The topological polar surface area (TPSA) is 50.7 Å². The molecule has 0 aliphatic rings. The fourth-order valence-electron chi connectivity index (χ4n) is 1.13. The molecule has 2 rings (SSSR count). The number of hydrogen-bond donors (Lipinski definition) is 1. The first-order valence-corrected chi connectivity index (χ1v) is 5.87. The van der Waals surface area contributed by atoms with Crippen molar-refractivity contribution in [1.29, 1.82) is 0 Å². The van der Waals surface area contributed by atoms with Gasteiger partial charge in [-0.1, -0.05) is 18.2 Å². The number of ether oxygens (including phenoxy) is 1. The van der Waals surface area contributed by atoms with Gasteiger partial charge < -0.3 is 4.74 Å². The lowest BCUT2D eigenvalue weighted by atomic mass is 10.3. The van der Waals surface area contributed by atoms with Crippen LogP contribution in [-0.4, -0.2) is 12.3 Å². The molecular weight excluding hydrogens is 236 g/mol. The van der Waals surface area contributed by atoms with Crippen molar-refractivity contribution in [3.63, 3.8) is 0 Å². The van der Waals surface area contributed by atoms with Crippen LogP contribution in [0.25, 0.3) is 0 Å². The highest BCUT2D eigenvalue weighted by Crippen LogP contribution is 2.08. The Balaban J connectivity index is 1.82. The first kappa shape index (κ1) is 11.3. The molecule has 1 aromatic carbocycles. The summed E-state index contributed by atoms with van der Waals surface area (Å²) in [4.78, 5) is 11.3. The molecular formula is C12H10N2O2S. The number of carbonyl (C=O) groups is 1. The quantitative estimate of drug-likeness (QED) is 0.668. The van der Waals surface area contributed by atoms with Crippen LogP contribution in [-0.2, 0) is 0 Å². The van der Waals surface area contributed by atoms with E-state index < -0.39 is 6.09 Å². The molecule has 0 radical (unpaired) electrons. The number of nitrogens with zero attached hydrogens (tertiary/aromatic N) is 1. The van der Waals surface area contributed by atoms with Crippen molar-refractivity contribution in [3.05, 3.63) is 52.7 Å². The monoisotopic (exact) mass is 246 g/mol. The number of hydrazone groups is 1. The minimum absolute atomic E-state index is 0.482. The Hall–Kier alpha value is -2.14. The van der Waals surface area contributed by atoms with Gasteiger partial charge in [-0.15, -0.1) is 0 Å². The molecule has 4 nitrogen and oxygen atoms in total. The van der Waals surface area contributed by atoms with Gasteiger partial charge in [0.25, 0.3) is 0 Å². The second-order valence-corrected chi connectivity index (χ2v) is 3.91. The average Bonchev–Trinajstić information content (AvgIpc) is 2.83. The number of hydrogen-bond acceptors (Lipinski definition) is 4. The van der Waals surface area contributed by atoms with E-state index in [4.69, 9.17) is 4.74 Å². The van der Waals surface area contributed by atoms with E-state index in [1.54, 1.807) is 41.8 Å². The summed E-state index contributed by atoms with van der Waals surface area (Å²) in [6.45, 7) is 0. The lowest BCUT2D eigenvalue weighted by molar-refractivity contribution is 0.201. The van der Waals surface area contributed by atoms with Gasteiger partial charge in [-0.2, -0.15) is 16.4 Å². The fourth-order valence-corrected chi connectivity index (χ4v) is 1.74. The van der Waals surface area contributed by atoms with Crippen molar-refractivity contribution < 1.29 is 9.53 Å². The standard InChI is InChI=1S/C12H10N2O2S/c15-12(16-11-4-2-1-3-5-11)14-13-8-10-6-7-17-9-10/h1-9H,(H,14,15). The van der Waals surface area contributed by atoms with Crippen LogP contribution in [0.15, 0.2) is 52.3 Å². The predicted octanol–water partition coefficient (Wildman–Crippen LogP) is 2.87. The third kappa shape index (κ3) is 3.73. The Labute approximate surface area is 103 Å². The summed E-state index contributed by atoms with van der Waals surface area (Å²) in [6.07, 6.45) is 0.950. The van der Waals surface area contributed by atoms with Crippen molar-refractivity contribution in [2.75, 3.05) is 0 Å². The predicted molar refractivity (Wildman–Crippen MR) is 67.5 cm³/mol. The van der Waals surface area contributed by atoms with Crippen LogP contribution in [0.4, 0.5) is 4.79 Å². The zero-order chi connectivity index (χ0) is 11.9. The van der Waals surface area contributed by atoms with Crippen molar-refractivity contribution in [1.82, 2.24) is 5.43 Å². The molecule has 5 heteroatoms. The fraction of sp³-hybridized carbons (Fsp3) is 0. The van der Waals surface area contributed by atoms with Gasteiger partial charge in [-0.05, 0) is 29.0 Å². The van der Waals surface area contributed by atoms with E-state index >= 15 is 0 Å². The molecule has 86 valence electrons. The van der Waals surface area contributed by atoms with E-state index in [9.17, 15) is 4.79 Å². The van der Waals surface area contributed by atoms with E-state index in [0.717, 1.165) is 5.56 Å². The minimum Gasteiger partial charge on any atom is -0.409 e. The van der Waals surface area contributed by atoms with Crippen LogP contribution in [0.1, 0.15) is 5.56 Å². The van der Waals surface area contributed by atoms with Gasteiger partial charge >= 0.3 is 6.09 Å². The molecule has 17 heavy (non-hydrogen) atoms. The van der Waals surface area contributed by atoms with Gasteiger partial charge in [-0.25, -0.2) is 10.2 Å². The van der Waals surface area contributed by atoms with E-state index in [0.29, 0.717) is 5.75 Å². The van der Waals surface area contributed by atoms with Gasteiger partial charge in [0.05, 0.1) is 6.21 Å². The van der Waals surface area contributed by atoms with E-state index in [1.165, 1.54) is 0 Å². The Bertz CT molecular complexity index is 494. The number of rotatable bonds is 3. The highest BCUT2D eigenvalue weighted by molar-refractivity contribution is 7.08. The maximum Gasteiger partial charge on any atom is 0.433 e. The molecule has 0 unspecified atom stereocenters. The number of para-hydroxylation sites is 1. The van der Waals surface area contributed by atoms with Crippen LogP contribution in [0.2, 0.25) is 0 Å². The van der Waals surface area contributed by atoms with Crippen molar-refractivity contribution >= 4 is 23.6 Å². The normalized spacial score (nSPS) is 10.4.